The molecule has 118 valence electrons. The Morgan fingerprint density at radius 3 is 2.15 bits per heavy atom. The molecule has 0 aromatic rings. The normalized spacial score (nSPS) is 12.4. The first kappa shape index (κ1) is 18.7. The minimum absolute atomic E-state index is 0.312. The van der Waals surface area contributed by atoms with Crippen molar-refractivity contribution >= 4 is 11.9 Å². The summed E-state index contributed by atoms with van der Waals surface area (Å²) in [6.45, 7) is 2.29. The largest absolute Gasteiger partial charge is 0.401 e. The maximum Gasteiger partial charge on any atom is 0.401 e. The van der Waals surface area contributed by atoms with Crippen molar-refractivity contribution in [2.24, 2.45) is 0 Å². The van der Waals surface area contributed by atoms with Gasteiger partial charge in [-0.2, -0.15) is 13.2 Å². The molecular weight excluding hydrogens is 279 g/mol. The summed E-state index contributed by atoms with van der Waals surface area (Å²) in [5.74, 6) is -0.871. The molecule has 0 saturated carbocycles. The van der Waals surface area contributed by atoms with Crippen LogP contribution in [0, 0.1) is 0 Å². The second-order valence-corrected chi connectivity index (χ2v) is 5.30. The molecule has 0 aromatic carbocycles. The minimum atomic E-state index is -4.48. The first-order valence-electron chi connectivity index (χ1n) is 5.95. The third-order valence-electron chi connectivity index (χ3n) is 1.93. The van der Waals surface area contributed by atoms with Gasteiger partial charge < -0.3 is 10.4 Å². The number of carbonyl (C=O) groups excluding carboxylic acids is 2. The second-order valence-electron chi connectivity index (χ2n) is 5.30. The number of nitrogens with zero attached hydrogens (tertiary/aromatic N) is 1. The van der Waals surface area contributed by atoms with Crippen LogP contribution in [0.4, 0.5) is 18.0 Å². The van der Waals surface area contributed by atoms with Crippen LogP contribution in [0.15, 0.2) is 0 Å². The molecule has 0 rings (SSSR count). The standard InChI is InChI=1S/C11H20F3N3O3/c1-10(2,3)16-9(20)15-8(19)6-17(4-5-18)7-11(12,13)14/h18H,4-7H2,1-3H3,(H2,15,16,19,20). The van der Waals surface area contributed by atoms with Crippen molar-refractivity contribution in [2.75, 3.05) is 26.2 Å². The molecule has 0 aliphatic heterocycles. The SMILES string of the molecule is CC(C)(C)NC(=O)NC(=O)CN(CCO)CC(F)(F)F. The van der Waals surface area contributed by atoms with Crippen molar-refractivity contribution < 1.29 is 27.9 Å². The summed E-state index contributed by atoms with van der Waals surface area (Å²) in [6, 6.07) is -0.779. The number of amides is 3. The van der Waals surface area contributed by atoms with Gasteiger partial charge in [0.05, 0.1) is 19.7 Å². The maximum absolute atomic E-state index is 12.2. The van der Waals surface area contributed by atoms with Crippen LogP contribution in [0.5, 0.6) is 0 Å². The molecule has 0 bridgehead atoms. The van der Waals surface area contributed by atoms with Crippen LogP contribution in [0.2, 0.25) is 0 Å². The van der Waals surface area contributed by atoms with Crippen LogP contribution in [-0.2, 0) is 4.79 Å². The van der Waals surface area contributed by atoms with Crippen molar-refractivity contribution in [3.8, 4) is 0 Å². The zero-order valence-corrected chi connectivity index (χ0v) is 11.7. The predicted octanol–water partition coefficient (Wildman–Crippen LogP) is 0.467. The molecule has 3 amide bonds. The Balaban J connectivity index is 4.36. The topological polar surface area (TPSA) is 81.7 Å². The third kappa shape index (κ3) is 10.6. The first-order valence-corrected chi connectivity index (χ1v) is 5.95. The van der Waals surface area contributed by atoms with Gasteiger partial charge in [-0.25, -0.2) is 4.79 Å². The Kier molecular flexibility index (Phi) is 6.94. The van der Waals surface area contributed by atoms with Gasteiger partial charge in [0.2, 0.25) is 5.91 Å². The highest BCUT2D eigenvalue weighted by atomic mass is 19.4. The molecule has 0 radical (unpaired) electrons. The summed E-state index contributed by atoms with van der Waals surface area (Å²) in [4.78, 5) is 23.5. The number of nitrogens with one attached hydrogen (secondary N) is 2. The molecule has 9 heteroatoms. The molecule has 0 fully saturated rings. The molecule has 20 heavy (non-hydrogen) atoms. The van der Waals surface area contributed by atoms with Crippen molar-refractivity contribution in [1.82, 2.24) is 15.5 Å². The number of aliphatic hydroxyl groups excluding tert-OH is 1. The monoisotopic (exact) mass is 299 g/mol. The van der Waals surface area contributed by atoms with Crippen LogP contribution in [0.25, 0.3) is 0 Å². The van der Waals surface area contributed by atoms with E-state index in [1.165, 1.54) is 0 Å². The molecule has 0 atom stereocenters. The summed E-state index contributed by atoms with van der Waals surface area (Å²) in [5.41, 5.74) is -0.568. The van der Waals surface area contributed by atoms with Gasteiger partial charge in [0.1, 0.15) is 0 Å². The molecule has 0 aliphatic carbocycles. The second kappa shape index (κ2) is 7.44. The van der Waals surface area contributed by atoms with E-state index in [0.29, 0.717) is 4.90 Å². The van der Waals surface area contributed by atoms with E-state index in [-0.39, 0.29) is 6.54 Å². The number of imide groups is 1. The summed E-state index contributed by atoms with van der Waals surface area (Å²) >= 11 is 0. The van der Waals surface area contributed by atoms with Gasteiger partial charge in [-0.1, -0.05) is 0 Å². The van der Waals surface area contributed by atoms with Crippen molar-refractivity contribution in [3.05, 3.63) is 0 Å². The Morgan fingerprint density at radius 2 is 1.75 bits per heavy atom. The van der Waals surface area contributed by atoms with E-state index in [1.54, 1.807) is 20.8 Å². The van der Waals surface area contributed by atoms with E-state index in [4.69, 9.17) is 5.11 Å². The Hall–Kier alpha value is -1.35. The zero-order valence-electron chi connectivity index (χ0n) is 11.7. The van der Waals surface area contributed by atoms with Crippen LogP contribution < -0.4 is 10.6 Å². The molecule has 6 nitrogen and oxygen atoms in total. The molecule has 3 N–H and O–H groups in total. The molecular formula is C11H20F3N3O3. The predicted molar refractivity (Wildman–Crippen MR) is 66.0 cm³/mol. The molecule has 0 unspecified atom stereocenters. The van der Waals surface area contributed by atoms with Crippen molar-refractivity contribution in [1.29, 1.82) is 0 Å². The number of hydrogen-bond acceptors (Lipinski definition) is 4. The molecule has 0 spiro atoms. The van der Waals surface area contributed by atoms with Crippen LogP contribution in [0.3, 0.4) is 0 Å². The first-order chi connectivity index (χ1) is 8.93. The summed E-state index contributed by atoms with van der Waals surface area (Å²) in [5, 5.41) is 13.0. The Labute approximate surface area is 115 Å². The summed E-state index contributed by atoms with van der Waals surface area (Å²) in [6.07, 6.45) is -4.48. The molecule has 0 saturated heterocycles. The maximum atomic E-state index is 12.2. The van der Waals surface area contributed by atoms with E-state index in [1.807, 2.05) is 5.32 Å². The van der Waals surface area contributed by atoms with Gasteiger partial charge in [0.15, 0.2) is 0 Å². The lowest BCUT2D eigenvalue weighted by molar-refractivity contribution is -0.149. The molecule has 0 aliphatic rings. The zero-order chi connectivity index (χ0) is 16.0. The third-order valence-corrected chi connectivity index (χ3v) is 1.93. The Bertz CT molecular complexity index is 340. The summed E-state index contributed by atoms with van der Waals surface area (Å²) < 4.78 is 36.7. The fourth-order valence-corrected chi connectivity index (χ4v) is 1.35. The summed E-state index contributed by atoms with van der Waals surface area (Å²) in [7, 11) is 0. The molecule has 0 aromatic heterocycles. The number of alkyl halides is 3. The van der Waals surface area contributed by atoms with E-state index >= 15 is 0 Å². The van der Waals surface area contributed by atoms with E-state index < -0.39 is 43.3 Å². The number of carbonyl (C=O) groups is 2. The van der Waals surface area contributed by atoms with Crippen LogP contribution in [-0.4, -0.2) is 59.9 Å². The highest BCUT2D eigenvalue weighted by Crippen LogP contribution is 2.15. The smallest absolute Gasteiger partial charge is 0.395 e. The number of urea groups is 1. The van der Waals surface area contributed by atoms with Gasteiger partial charge in [-0.3, -0.25) is 15.0 Å². The van der Waals surface area contributed by atoms with Crippen molar-refractivity contribution in [3.63, 3.8) is 0 Å². The van der Waals surface area contributed by atoms with E-state index in [0.717, 1.165) is 0 Å². The lowest BCUT2D eigenvalue weighted by Crippen LogP contribution is -2.51. The average molecular weight is 299 g/mol. The number of hydrogen-bond donors (Lipinski definition) is 3. The van der Waals surface area contributed by atoms with E-state index in [2.05, 4.69) is 5.32 Å². The fourth-order valence-electron chi connectivity index (χ4n) is 1.35. The van der Waals surface area contributed by atoms with Gasteiger partial charge in [-0.05, 0) is 20.8 Å². The number of aliphatic hydroxyl groups is 1. The highest BCUT2D eigenvalue weighted by molar-refractivity contribution is 5.95. The number of halogens is 3. The lowest BCUT2D eigenvalue weighted by atomic mass is 10.1. The van der Waals surface area contributed by atoms with Gasteiger partial charge in [-0.15, -0.1) is 0 Å². The van der Waals surface area contributed by atoms with Crippen LogP contribution >= 0.6 is 0 Å². The quantitative estimate of drug-likeness (QED) is 0.689. The highest BCUT2D eigenvalue weighted by Gasteiger charge is 2.31. The van der Waals surface area contributed by atoms with Gasteiger partial charge in [0, 0.05) is 12.1 Å². The minimum Gasteiger partial charge on any atom is -0.395 e. The number of rotatable bonds is 5. The van der Waals surface area contributed by atoms with Crippen molar-refractivity contribution in [2.45, 2.75) is 32.5 Å². The van der Waals surface area contributed by atoms with E-state index in [9.17, 15) is 22.8 Å². The fraction of sp³-hybridized carbons (Fsp3) is 0.818. The molecule has 0 heterocycles. The Morgan fingerprint density at radius 1 is 1.20 bits per heavy atom. The van der Waals surface area contributed by atoms with Gasteiger partial charge >= 0.3 is 12.2 Å². The van der Waals surface area contributed by atoms with Gasteiger partial charge in [0.25, 0.3) is 0 Å². The van der Waals surface area contributed by atoms with Crippen LogP contribution in [0.1, 0.15) is 20.8 Å². The lowest BCUT2D eigenvalue weighted by Gasteiger charge is -2.23. The average Bonchev–Trinajstić information content (AvgIpc) is 2.10.